The number of nitrogens with one attached hydrogen (secondary N) is 1. The van der Waals surface area contributed by atoms with Gasteiger partial charge in [-0.25, -0.2) is 4.79 Å². The number of halogens is 1. The van der Waals surface area contributed by atoms with Gasteiger partial charge in [0.1, 0.15) is 5.54 Å². The molecule has 1 saturated carbocycles. The number of imide groups is 1. The minimum atomic E-state index is -0.697. The molecule has 0 radical (unpaired) electrons. The minimum Gasteiger partial charge on any atom is -0.312 e. The molecule has 4 atom stereocenters. The van der Waals surface area contributed by atoms with Crippen molar-refractivity contribution in [3.63, 3.8) is 0 Å². The molecule has 116 valence electrons. The number of urea groups is 1. The summed E-state index contributed by atoms with van der Waals surface area (Å²) in [7, 11) is 1.71. The molecule has 0 aromatic rings. The smallest absolute Gasteiger partial charge is 0.312 e. The first kappa shape index (κ1) is 14.0. The van der Waals surface area contributed by atoms with Gasteiger partial charge < -0.3 is 4.90 Å². The standard InChI is InChI=1S/C16H18ClN3O2/c1-20-15(22)19-14(21)16(20)6-10-4-9-2-3-12(8-17)18-13(9)5-11(10)7-16/h2-3,5,9-10,12H,4,6-8H2,1H3,(H,19,21,22)/t9?,10?,12?,16-/m1/s1. The van der Waals surface area contributed by atoms with E-state index in [1.54, 1.807) is 11.9 Å². The molecule has 1 spiro atoms. The van der Waals surface area contributed by atoms with Crippen molar-refractivity contribution in [2.75, 3.05) is 12.9 Å². The van der Waals surface area contributed by atoms with E-state index in [0.717, 1.165) is 12.1 Å². The number of carbonyl (C=O) groups is 2. The summed E-state index contributed by atoms with van der Waals surface area (Å²) < 4.78 is 0. The molecular formula is C16H18ClN3O2. The average Bonchev–Trinajstić information content (AvgIpc) is 2.98. The number of hydrogen-bond donors (Lipinski definition) is 1. The lowest BCUT2D eigenvalue weighted by atomic mass is 9.80. The topological polar surface area (TPSA) is 61.8 Å². The number of alkyl halides is 1. The van der Waals surface area contributed by atoms with Crippen molar-refractivity contribution >= 4 is 29.3 Å². The molecule has 2 fully saturated rings. The number of likely N-dealkylation sites (N-methyl/N-ethyl adjacent to an activating group) is 1. The molecule has 3 unspecified atom stereocenters. The first-order valence-electron chi connectivity index (χ1n) is 7.65. The van der Waals surface area contributed by atoms with Gasteiger partial charge >= 0.3 is 6.03 Å². The maximum atomic E-state index is 12.3. The predicted octanol–water partition coefficient (Wildman–Crippen LogP) is 1.88. The Kier molecular flexibility index (Phi) is 2.98. The molecule has 5 nitrogen and oxygen atoms in total. The summed E-state index contributed by atoms with van der Waals surface area (Å²) in [6.07, 6.45) is 8.70. The number of nitrogens with zero attached hydrogens (tertiary/aromatic N) is 2. The van der Waals surface area contributed by atoms with E-state index in [2.05, 4.69) is 23.5 Å². The second-order valence-electron chi connectivity index (χ2n) is 6.65. The number of aliphatic imine (C=N–C) groups is 1. The SMILES string of the molecule is CN1C(=O)NC(=O)[C@@]12CC1=CC3=NC(CCl)C=CC3CC1C2. The van der Waals surface area contributed by atoms with Gasteiger partial charge in [0.05, 0.1) is 6.04 Å². The Morgan fingerprint density at radius 1 is 1.45 bits per heavy atom. The van der Waals surface area contributed by atoms with Crippen LogP contribution in [0.1, 0.15) is 19.3 Å². The number of rotatable bonds is 1. The van der Waals surface area contributed by atoms with Crippen molar-refractivity contribution in [2.24, 2.45) is 16.8 Å². The molecular weight excluding hydrogens is 302 g/mol. The summed E-state index contributed by atoms with van der Waals surface area (Å²) in [6, 6.07) is -0.239. The van der Waals surface area contributed by atoms with Crippen LogP contribution in [0.25, 0.3) is 0 Å². The average molecular weight is 320 g/mol. The molecule has 1 saturated heterocycles. The fourth-order valence-electron chi connectivity index (χ4n) is 4.19. The lowest BCUT2D eigenvalue weighted by molar-refractivity contribution is -0.126. The highest BCUT2D eigenvalue weighted by molar-refractivity contribution is 6.18. The van der Waals surface area contributed by atoms with Crippen molar-refractivity contribution in [3.8, 4) is 0 Å². The first-order chi connectivity index (χ1) is 10.5. The molecule has 2 aliphatic carbocycles. The van der Waals surface area contributed by atoms with Crippen LogP contribution in [0, 0.1) is 11.8 Å². The zero-order valence-corrected chi connectivity index (χ0v) is 13.1. The van der Waals surface area contributed by atoms with Crippen molar-refractivity contribution in [1.29, 1.82) is 0 Å². The third-order valence-electron chi connectivity index (χ3n) is 5.49. The summed E-state index contributed by atoms with van der Waals surface area (Å²) in [5.41, 5.74) is 1.62. The third-order valence-corrected chi connectivity index (χ3v) is 5.80. The van der Waals surface area contributed by atoms with Crippen LogP contribution in [0.2, 0.25) is 0 Å². The lowest BCUT2D eigenvalue weighted by Crippen LogP contribution is -2.45. The number of amides is 3. The highest BCUT2D eigenvalue weighted by atomic mass is 35.5. The fraction of sp³-hybridized carbons (Fsp3) is 0.562. The van der Waals surface area contributed by atoms with Crippen LogP contribution < -0.4 is 5.32 Å². The van der Waals surface area contributed by atoms with Crippen molar-refractivity contribution in [1.82, 2.24) is 10.2 Å². The van der Waals surface area contributed by atoms with E-state index in [0.29, 0.717) is 30.6 Å². The molecule has 4 aliphatic rings. The van der Waals surface area contributed by atoms with Crippen LogP contribution in [-0.2, 0) is 4.79 Å². The summed E-state index contributed by atoms with van der Waals surface area (Å²) in [5.74, 6) is 0.992. The van der Waals surface area contributed by atoms with Crippen LogP contribution in [0.3, 0.4) is 0 Å². The van der Waals surface area contributed by atoms with Gasteiger partial charge in [-0.3, -0.25) is 15.1 Å². The molecule has 3 amide bonds. The quantitative estimate of drug-likeness (QED) is 0.456. The Labute approximate surface area is 134 Å². The van der Waals surface area contributed by atoms with E-state index in [1.165, 1.54) is 5.57 Å². The van der Waals surface area contributed by atoms with Crippen molar-refractivity contribution in [2.45, 2.75) is 30.8 Å². The van der Waals surface area contributed by atoms with Gasteiger partial charge in [-0.1, -0.05) is 17.7 Å². The second-order valence-corrected chi connectivity index (χ2v) is 6.96. The Hall–Kier alpha value is -1.62. The van der Waals surface area contributed by atoms with E-state index in [-0.39, 0.29) is 18.0 Å². The van der Waals surface area contributed by atoms with E-state index in [4.69, 9.17) is 16.6 Å². The van der Waals surface area contributed by atoms with Gasteiger partial charge in [0.15, 0.2) is 0 Å². The molecule has 2 heterocycles. The Morgan fingerprint density at radius 2 is 2.27 bits per heavy atom. The largest absolute Gasteiger partial charge is 0.324 e. The number of fused-ring (bicyclic) bond motifs is 2. The number of carbonyl (C=O) groups excluding carboxylic acids is 2. The second kappa shape index (κ2) is 4.69. The third kappa shape index (κ3) is 1.81. The summed E-state index contributed by atoms with van der Waals surface area (Å²) in [6.45, 7) is 0. The van der Waals surface area contributed by atoms with Crippen LogP contribution in [-0.4, -0.2) is 47.1 Å². The molecule has 0 aromatic carbocycles. The van der Waals surface area contributed by atoms with E-state index in [9.17, 15) is 9.59 Å². The highest BCUT2D eigenvalue weighted by Gasteiger charge is 2.57. The van der Waals surface area contributed by atoms with E-state index >= 15 is 0 Å². The summed E-state index contributed by atoms with van der Waals surface area (Å²) in [5, 5.41) is 2.45. The van der Waals surface area contributed by atoms with E-state index < -0.39 is 5.54 Å². The first-order valence-corrected chi connectivity index (χ1v) is 8.18. The summed E-state index contributed by atoms with van der Waals surface area (Å²) >= 11 is 5.90. The van der Waals surface area contributed by atoms with Gasteiger partial charge in [0.25, 0.3) is 5.91 Å². The van der Waals surface area contributed by atoms with Gasteiger partial charge in [-0.2, -0.15) is 0 Å². The monoisotopic (exact) mass is 319 g/mol. The molecule has 2 aliphatic heterocycles. The van der Waals surface area contributed by atoms with Crippen molar-refractivity contribution in [3.05, 3.63) is 23.8 Å². The zero-order chi connectivity index (χ0) is 15.5. The molecule has 1 N–H and O–H groups in total. The van der Waals surface area contributed by atoms with Gasteiger partial charge in [0, 0.05) is 31.0 Å². The minimum absolute atomic E-state index is 0.0516. The van der Waals surface area contributed by atoms with Crippen molar-refractivity contribution < 1.29 is 9.59 Å². The maximum absolute atomic E-state index is 12.3. The Morgan fingerprint density at radius 3 is 2.95 bits per heavy atom. The predicted molar refractivity (Wildman–Crippen MR) is 84.0 cm³/mol. The molecule has 0 bridgehead atoms. The number of dihydropyridines is 1. The fourth-order valence-corrected chi connectivity index (χ4v) is 4.36. The molecule has 4 rings (SSSR count). The highest BCUT2D eigenvalue weighted by Crippen LogP contribution is 2.49. The van der Waals surface area contributed by atoms with Crippen LogP contribution in [0.5, 0.6) is 0 Å². The van der Waals surface area contributed by atoms with Crippen LogP contribution >= 0.6 is 11.6 Å². The normalized spacial score (nSPS) is 39.5. The van der Waals surface area contributed by atoms with Gasteiger partial charge in [-0.05, 0) is 24.8 Å². The Bertz CT molecular complexity index is 654. The zero-order valence-electron chi connectivity index (χ0n) is 12.4. The molecule has 0 aromatic heterocycles. The van der Waals surface area contributed by atoms with Gasteiger partial charge in [-0.15, -0.1) is 11.6 Å². The van der Waals surface area contributed by atoms with Crippen LogP contribution in [0.15, 0.2) is 28.8 Å². The Balaban J connectivity index is 1.67. The number of allylic oxidation sites excluding steroid dienone is 2. The van der Waals surface area contributed by atoms with Crippen LogP contribution in [0.4, 0.5) is 4.79 Å². The van der Waals surface area contributed by atoms with Gasteiger partial charge in [0.2, 0.25) is 0 Å². The number of hydrogen-bond acceptors (Lipinski definition) is 3. The summed E-state index contributed by atoms with van der Waals surface area (Å²) in [4.78, 5) is 30.4. The van der Waals surface area contributed by atoms with E-state index in [1.807, 2.05) is 0 Å². The lowest BCUT2D eigenvalue weighted by Gasteiger charge is -2.29. The molecule has 22 heavy (non-hydrogen) atoms. The maximum Gasteiger partial charge on any atom is 0.324 e. The molecule has 6 heteroatoms.